The van der Waals surface area contributed by atoms with Gasteiger partial charge in [0.25, 0.3) is 0 Å². The summed E-state index contributed by atoms with van der Waals surface area (Å²) in [5.74, 6) is 0. The number of hydrogen-bond donors (Lipinski definition) is 0. The molecular formula is C24H20BeN2. The van der Waals surface area contributed by atoms with E-state index in [4.69, 9.17) is 0 Å². The van der Waals surface area contributed by atoms with E-state index in [2.05, 4.69) is 10.6 Å². The molecule has 0 saturated carbocycles. The largest absolute Gasteiger partial charge is 2.00 e. The molecule has 3 heteroatoms. The zero-order valence-electron chi connectivity index (χ0n) is 15.1. The molecule has 0 spiro atoms. The van der Waals surface area contributed by atoms with E-state index >= 15 is 0 Å². The first kappa shape index (κ1) is 20.0. The van der Waals surface area contributed by atoms with Gasteiger partial charge in [-0.3, -0.25) is 0 Å². The van der Waals surface area contributed by atoms with Gasteiger partial charge in [-0.1, -0.05) is 121 Å². The molecule has 27 heavy (non-hydrogen) atoms. The molecule has 2 nitrogen and oxygen atoms in total. The molecule has 0 aliphatic heterocycles. The molecule has 0 fully saturated rings. The fourth-order valence-corrected chi connectivity index (χ4v) is 2.31. The number of benzene rings is 4. The average molecular weight is 345 g/mol. The van der Waals surface area contributed by atoms with Crippen molar-refractivity contribution in [1.29, 1.82) is 0 Å². The predicted molar refractivity (Wildman–Crippen MR) is 117 cm³/mol. The van der Waals surface area contributed by atoms with Crippen LogP contribution in [-0.2, 0) is 0 Å². The zero-order chi connectivity index (χ0) is 17.9. The minimum absolute atomic E-state index is 0. The van der Waals surface area contributed by atoms with E-state index in [1.807, 2.05) is 121 Å². The van der Waals surface area contributed by atoms with Crippen molar-refractivity contribution in [3.8, 4) is 0 Å². The van der Waals surface area contributed by atoms with Gasteiger partial charge in [0.1, 0.15) is 0 Å². The SMILES string of the molecule is [Be+2].c1ccc([N-]c2ccccc2)cc1.c1ccc([N-]c2ccccc2)cc1. The molecule has 0 aliphatic rings. The van der Waals surface area contributed by atoms with E-state index in [0.717, 1.165) is 22.7 Å². The van der Waals surface area contributed by atoms with Crippen molar-refractivity contribution in [2.75, 3.05) is 0 Å². The van der Waals surface area contributed by atoms with Crippen molar-refractivity contribution in [2.24, 2.45) is 0 Å². The number of hydrogen-bond acceptors (Lipinski definition) is 0. The second-order valence-electron chi connectivity index (χ2n) is 5.57. The van der Waals surface area contributed by atoms with E-state index in [1.165, 1.54) is 0 Å². The molecule has 0 bridgehead atoms. The quantitative estimate of drug-likeness (QED) is 0.340. The van der Waals surface area contributed by atoms with Crippen LogP contribution in [0.2, 0.25) is 0 Å². The third-order valence-corrected chi connectivity index (χ3v) is 3.54. The summed E-state index contributed by atoms with van der Waals surface area (Å²) in [6.07, 6.45) is 0. The van der Waals surface area contributed by atoms with Crippen molar-refractivity contribution in [2.45, 2.75) is 0 Å². The maximum atomic E-state index is 4.44. The summed E-state index contributed by atoms with van der Waals surface area (Å²) >= 11 is 0. The Morgan fingerprint density at radius 3 is 0.667 bits per heavy atom. The first-order valence-electron chi connectivity index (χ1n) is 8.54. The second kappa shape index (κ2) is 11.3. The Labute approximate surface area is 165 Å². The third kappa shape index (κ3) is 7.19. The van der Waals surface area contributed by atoms with Crippen LogP contribution in [0.3, 0.4) is 0 Å². The predicted octanol–water partition coefficient (Wildman–Crippen LogP) is 7.67. The minimum atomic E-state index is 0. The summed E-state index contributed by atoms with van der Waals surface area (Å²) in [6, 6.07) is 39.8. The Morgan fingerprint density at radius 1 is 0.296 bits per heavy atom. The average Bonchev–Trinajstić information content (AvgIpc) is 2.72. The Kier molecular flexibility index (Phi) is 8.36. The van der Waals surface area contributed by atoms with E-state index in [-0.39, 0.29) is 10.1 Å². The molecule has 4 aromatic carbocycles. The van der Waals surface area contributed by atoms with Gasteiger partial charge in [0.2, 0.25) is 0 Å². The van der Waals surface area contributed by atoms with Crippen LogP contribution in [0.15, 0.2) is 121 Å². The van der Waals surface area contributed by atoms with E-state index in [1.54, 1.807) is 0 Å². The fourth-order valence-electron chi connectivity index (χ4n) is 2.31. The summed E-state index contributed by atoms with van der Waals surface area (Å²) in [6.45, 7) is 0. The van der Waals surface area contributed by atoms with Crippen molar-refractivity contribution in [1.82, 2.24) is 0 Å². The van der Waals surface area contributed by atoms with Crippen LogP contribution in [0, 0.1) is 0 Å². The smallest absolute Gasteiger partial charge is 0.658 e. The number of para-hydroxylation sites is 4. The van der Waals surface area contributed by atoms with Gasteiger partial charge >= 0.3 is 10.1 Å². The molecule has 0 heterocycles. The molecule has 0 atom stereocenters. The fraction of sp³-hybridized carbons (Fsp3) is 0. The molecule has 0 aromatic heterocycles. The van der Waals surface area contributed by atoms with E-state index < -0.39 is 0 Å². The van der Waals surface area contributed by atoms with Crippen LogP contribution in [-0.4, -0.2) is 10.1 Å². The molecule has 128 valence electrons. The molecule has 0 N–H and O–H groups in total. The van der Waals surface area contributed by atoms with Gasteiger partial charge in [0, 0.05) is 0 Å². The van der Waals surface area contributed by atoms with Crippen LogP contribution in [0.1, 0.15) is 0 Å². The van der Waals surface area contributed by atoms with E-state index in [9.17, 15) is 0 Å². The Bertz CT molecular complexity index is 715. The molecule has 0 saturated heterocycles. The Morgan fingerprint density at radius 2 is 0.481 bits per heavy atom. The van der Waals surface area contributed by atoms with Gasteiger partial charge in [0.05, 0.1) is 0 Å². The summed E-state index contributed by atoms with van der Waals surface area (Å²) in [5, 5.41) is 8.88. The monoisotopic (exact) mass is 345 g/mol. The standard InChI is InChI=1S/2C12H10N.Be/c2*1-3-7-11(8-4-1)13-12-9-5-2-6-10-12;/h2*1-10H;/q2*-1;+2. The van der Waals surface area contributed by atoms with Gasteiger partial charge in [-0.25, -0.2) is 0 Å². The van der Waals surface area contributed by atoms with E-state index in [0.29, 0.717) is 0 Å². The summed E-state index contributed by atoms with van der Waals surface area (Å²) < 4.78 is 0. The molecule has 0 aliphatic carbocycles. The minimum Gasteiger partial charge on any atom is -0.658 e. The summed E-state index contributed by atoms with van der Waals surface area (Å²) in [5.41, 5.74) is 3.98. The number of rotatable bonds is 4. The molecular weight excluding hydrogens is 325 g/mol. The van der Waals surface area contributed by atoms with Gasteiger partial charge in [-0.2, -0.15) is 0 Å². The van der Waals surface area contributed by atoms with Crippen LogP contribution in [0.4, 0.5) is 22.7 Å². The topological polar surface area (TPSA) is 28.2 Å². The van der Waals surface area contributed by atoms with Gasteiger partial charge in [-0.05, 0) is 0 Å². The van der Waals surface area contributed by atoms with Gasteiger partial charge in [0.15, 0.2) is 0 Å². The maximum Gasteiger partial charge on any atom is 2.00 e. The molecule has 0 amide bonds. The molecule has 0 unspecified atom stereocenters. The molecule has 4 aromatic rings. The first-order chi connectivity index (χ1) is 12.9. The third-order valence-electron chi connectivity index (χ3n) is 3.54. The van der Waals surface area contributed by atoms with Crippen LogP contribution >= 0.6 is 0 Å². The van der Waals surface area contributed by atoms with Crippen LogP contribution in [0.25, 0.3) is 10.6 Å². The van der Waals surface area contributed by atoms with Crippen molar-refractivity contribution in [3.05, 3.63) is 132 Å². The second-order valence-corrected chi connectivity index (χ2v) is 5.57. The van der Waals surface area contributed by atoms with Crippen molar-refractivity contribution >= 4 is 32.9 Å². The Balaban J connectivity index is 0.000000187. The van der Waals surface area contributed by atoms with Crippen LogP contribution < -0.4 is 0 Å². The molecule has 4 rings (SSSR count). The Hall–Kier alpha value is -3.35. The zero-order valence-corrected chi connectivity index (χ0v) is 15.1. The molecule has 0 radical (unpaired) electrons. The van der Waals surface area contributed by atoms with Crippen molar-refractivity contribution in [3.63, 3.8) is 0 Å². The van der Waals surface area contributed by atoms with Crippen molar-refractivity contribution < 1.29 is 0 Å². The summed E-state index contributed by atoms with van der Waals surface area (Å²) in [4.78, 5) is 0. The van der Waals surface area contributed by atoms with Gasteiger partial charge < -0.3 is 10.6 Å². The van der Waals surface area contributed by atoms with Crippen LogP contribution in [0.5, 0.6) is 0 Å². The number of nitrogens with zero attached hydrogens (tertiary/aromatic N) is 2. The van der Waals surface area contributed by atoms with Gasteiger partial charge in [-0.15, -0.1) is 22.7 Å². The normalized spacial score (nSPS) is 9.19. The first-order valence-corrected chi connectivity index (χ1v) is 8.54. The summed E-state index contributed by atoms with van der Waals surface area (Å²) in [7, 11) is 0. The maximum absolute atomic E-state index is 4.44.